The van der Waals surface area contributed by atoms with Crippen LogP contribution in [0, 0.1) is 0 Å². The van der Waals surface area contributed by atoms with Crippen molar-refractivity contribution >= 4 is 29.2 Å². The quantitative estimate of drug-likeness (QED) is 0.659. The molecular formula is C10H11N3O4S. The van der Waals surface area contributed by atoms with E-state index in [1.54, 1.807) is 5.51 Å². The molecule has 1 aromatic heterocycles. The number of carboxylic acids is 1. The zero-order chi connectivity index (χ0) is 13.4. The highest BCUT2D eigenvalue weighted by Gasteiger charge is 2.04. The molecule has 0 saturated carbocycles. The Kier molecular flexibility index (Phi) is 5.52. The molecule has 0 aromatic carbocycles. The van der Waals surface area contributed by atoms with E-state index in [9.17, 15) is 14.4 Å². The Morgan fingerprint density at radius 1 is 1.39 bits per heavy atom. The number of carbonyl (C=O) groups excluding carboxylic acids is 2. The standard InChI is InChI=1S/C10H11N3O4S/c14-8(1-2-9(15)16)13-10(17)11-4-3-7-5-18-6-12-7/h1-2,5-6H,3-4H2,(H,15,16)(H2,11,13,14,17). The number of imide groups is 1. The first-order valence-corrected chi connectivity index (χ1v) is 5.89. The molecule has 0 radical (unpaired) electrons. The number of hydrogen-bond donors (Lipinski definition) is 3. The highest BCUT2D eigenvalue weighted by atomic mass is 32.1. The molecule has 96 valence electrons. The Morgan fingerprint density at radius 2 is 2.17 bits per heavy atom. The number of carbonyl (C=O) groups is 3. The van der Waals surface area contributed by atoms with Crippen LogP contribution in [-0.4, -0.2) is 34.5 Å². The molecule has 1 rings (SSSR count). The highest BCUT2D eigenvalue weighted by Crippen LogP contribution is 2.00. The Morgan fingerprint density at radius 3 is 2.78 bits per heavy atom. The molecule has 0 aliphatic heterocycles. The van der Waals surface area contributed by atoms with E-state index in [2.05, 4.69) is 10.3 Å². The molecule has 0 unspecified atom stereocenters. The number of thiazole rings is 1. The Balaban J connectivity index is 2.21. The number of hydrogen-bond acceptors (Lipinski definition) is 5. The topological polar surface area (TPSA) is 108 Å². The average molecular weight is 269 g/mol. The summed E-state index contributed by atoms with van der Waals surface area (Å²) < 4.78 is 0. The van der Waals surface area contributed by atoms with Gasteiger partial charge in [-0.15, -0.1) is 11.3 Å². The van der Waals surface area contributed by atoms with E-state index in [0.29, 0.717) is 19.0 Å². The van der Waals surface area contributed by atoms with Crippen LogP contribution in [-0.2, 0) is 16.0 Å². The molecule has 3 amide bonds. The van der Waals surface area contributed by atoms with Crippen LogP contribution in [0.15, 0.2) is 23.0 Å². The molecule has 3 N–H and O–H groups in total. The summed E-state index contributed by atoms with van der Waals surface area (Å²) in [6.07, 6.45) is 1.98. The lowest BCUT2D eigenvalue weighted by Crippen LogP contribution is -2.39. The van der Waals surface area contributed by atoms with Crippen LogP contribution in [0.2, 0.25) is 0 Å². The van der Waals surface area contributed by atoms with E-state index in [1.165, 1.54) is 11.3 Å². The van der Waals surface area contributed by atoms with Gasteiger partial charge in [0, 0.05) is 30.5 Å². The second-order valence-corrected chi connectivity index (χ2v) is 3.87. The van der Waals surface area contributed by atoms with Crippen LogP contribution in [0.3, 0.4) is 0 Å². The predicted octanol–water partition coefficient (Wildman–Crippen LogP) is 0.152. The van der Waals surface area contributed by atoms with Crippen molar-refractivity contribution in [2.75, 3.05) is 6.54 Å². The summed E-state index contributed by atoms with van der Waals surface area (Å²) in [4.78, 5) is 36.3. The van der Waals surface area contributed by atoms with Gasteiger partial charge in [-0.2, -0.15) is 0 Å². The molecule has 18 heavy (non-hydrogen) atoms. The van der Waals surface area contributed by atoms with Crippen molar-refractivity contribution in [3.05, 3.63) is 28.7 Å². The van der Waals surface area contributed by atoms with Gasteiger partial charge in [0.25, 0.3) is 5.91 Å². The number of nitrogens with one attached hydrogen (secondary N) is 2. The van der Waals surface area contributed by atoms with Crippen molar-refractivity contribution in [3.63, 3.8) is 0 Å². The van der Waals surface area contributed by atoms with Gasteiger partial charge in [-0.3, -0.25) is 10.1 Å². The largest absolute Gasteiger partial charge is 0.478 e. The van der Waals surface area contributed by atoms with Crippen LogP contribution >= 0.6 is 11.3 Å². The minimum atomic E-state index is -1.26. The fraction of sp³-hybridized carbons (Fsp3) is 0.200. The van der Waals surface area contributed by atoms with Crippen molar-refractivity contribution in [3.8, 4) is 0 Å². The SMILES string of the molecule is O=C(O)C=CC(=O)NC(=O)NCCc1cscn1. The minimum Gasteiger partial charge on any atom is -0.478 e. The van der Waals surface area contributed by atoms with E-state index in [0.717, 1.165) is 11.8 Å². The van der Waals surface area contributed by atoms with Crippen molar-refractivity contribution in [2.24, 2.45) is 0 Å². The molecule has 7 nitrogen and oxygen atoms in total. The minimum absolute atomic E-state index is 0.339. The fourth-order valence-corrected chi connectivity index (χ4v) is 1.60. The summed E-state index contributed by atoms with van der Waals surface area (Å²) >= 11 is 1.46. The number of carboxylic acid groups (broad SMARTS) is 1. The molecule has 0 bridgehead atoms. The normalized spacial score (nSPS) is 10.2. The average Bonchev–Trinajstić information content (AvgIpc) is 2.79. The van der Waals surface area contributed by atoms with Gasteiger partial charge < -0.3 is 10.4 Å². The lowest BCUT2D eigenvalue weighted by atomic mass is 10.3. The van der Waals surface area contributed by atoms with Gasteiger partial charge in [0.15, 0.2) is 0 Å². The number of aromatic nitrogens is 1. The molecule has 0 saturated heterocycles. The number of amides is 3. The van der Waals surface area contributed by atoms with E-state index in [1.807, 2.05) is 10.7 Å². The first-order chi connectivity index (χ1) is 8.58. The molecule has 0 spiro atoms. The Bertz CT molecular complexity index is 456. The predicted molar refractivity (Wildman–Crippen MR) is 64.1 cm³/mol. The summed E-state index contributed by atoms with van der Waals surface area (Å²) in [6, 6.07) is -0.676. The first-order valence-electron chi connectivity index (χ1n) is 4.95. The molecular weight excluding hydrogens is 258 g/mol. The number of rotatable bonds is 5. The van der Waals surface area contributed by atoms with Gasteiger partial charge >= 0.3 is 12.0 Å². The number of nitrogens with zero attached hydrogens (tertiary/aromatic N) is 1. The van der Waals surface area contributed by atoms with E-state index in [4.69, 9.17) is 5.11 Å². The number of urea groups is 1. The molecule has 0 atom stereocenters. The van der Waals surface area contributed by atoms with Crippen LogP contribution in [0.1, 0.15) is 5.69 Å². The van der Waals surface area contributed by atoms with Crippen LogP contribution in [0.25, 0.3) is 0 Å². The Labute approximate surface area is 107 Å². The highest BCUT2D eigenvalue weighted by molar-refractivity contribution is 7.07. The fourth-order valence-electron chi connectivity index (χ4n) is 1.01. The van der Waals surface area contributed by atoms with E-state index < -0.39 is 17.9 Å². The molecule has 0 fully saturated rings. The van der Waals surface area contributed by atoms with Gasteiger partial charge in [0.05, 0.1) is 11.2 Å². The van der Waals surface area contributed by atoms with Gasteiger partial charge in [0.2, 0.25) is 0 Å². The van der Waals surface area contributed by atoms with Crippen molar-refractivity contribution < 1.29 is 19.5 Å². The van der Waals surface area contributed by atoms with Crippen molar-refractivity contribution in [1.29, 1.82) is 0 Å². The van der Waals surface area contributed by atoms with Gasteiger partial charge in [-0.25, -0.2) is 14.6 Å². The summed E-state index contributed by atoms with van der Waals surface area (Å²) in [7, 11) is 0. The second-order valence-electron chi connectivity index (χ2n) is 3.15. The molecule has 1 heterocycles. The summed E-state index contributed by atoms with van der Waals surface area (Å²) in [6.45, 7) is 0.339. The molecule has 0 aliphatic rings. The van der Waals surface area contributed by atoms with Crippen molar-refractivity contribution in [1.82, 2.24) is 15.6 Å². The molecule has 1 aromatic rings. The molecule has 0 aliphatic carbocycles. The maximum Gasteiger partial charge on any atom is 0.328 e. The zero-order valence-corrected chi connectivity index (χ0v) is 10.1. The number of aliphatic carboxylic acids is 1. The van der Waals surface area contributed by atoms with E-state index >= 15 is 0 Å². The monoisotopic (exact) mass is 269 g/mol. The van der Waals surface area contributed by atoms with Crippen molar-refractivity contribution in [2.45, 2.75) is 6.42 Å². The van der Waals surface area contributed by atoms with E-state index in [-0.39, 0.29) is 0 Å². The summed E-state index contributed by atoms with van der Waals surface area (Å²) in [5.41, 5.74) is 2.55. The van der Waals surface area contributed by atoms with Gasteiger partial charge in [-0.05, 0) is 0 Å². The third-order valence-electron chi connectivity index (χ3n) is 1.76. The molecule has 8 heteroatoms. The van der Waals surface area contributed by atoms with Crippen LogP contribution < -0.4 is 10.6 Å². The smallest absolute Gasteiger partial charge is 0.328 e. The lowest BCUT2D eigenvalue weighted by Gasteiger charge is -2.03. The Hall–Kier alpha value is -2.22. The van der Waals surface area contributed by atoms with Gasteiger partial charge in [-0.1, -0.05) is 0 Å². The van der Waals surface area contributed by atoms with Crippen LogP contribution in [0.4, 0.5) is 4.79 Å². The second kappa shape index (κ2) is 7.17. The summed E-state index contributed by atoms with van der Waals surface area (Å²) in [5, 5.41) is 14.5. The maximum atomic E-state index is 11.2. The van der Waals surface area contributed by atoms with Crippen LogP contribution in [0.5, 0.6) is 0 Å². The van der Waals surface area contributed by atoms with Gasteiger partial charge in [0.1, 0.15) is 0 Å². The zero-order valence-electron chi connectivity index (χ0n) is 9.25. The maximum absolute atomic E-state index is 11.2. The third-order valence-corrected chi connectivity index (χ3v) is 2.40. The lowest BCUT2D eigenvalue weighted by molar-refractivity contribution is -0.131. The third kappa shape index (κ3) is 5.75. The first kappa shape index (κ1) is 13.8. The summed E-state index contributed by atoms with van der Waals surface area (Å²) in [5.74, 6) is -2.04.